The monoisotopic (exact) mass is 254 g/mol. The van der Waals surface area contributed by atoms with Gasteiger partial charge in [0, 0.05) is 12.8 Å². The Hall–Kier alpha value is -2.45. The molecule has 19 heavy (non-hydrogen) atoms. The molecule has 1 aromatic carbocycles. The molecule has 5 nitrogen and oxygen atoms in total. The maximum absolute atomic E-state index is 8.67. The molecular weight excluding hydrogens is 240 g/mol. The van der Waals surface area contributed by atoms with E-state index in [1.54, 1.807) is 13.3 Å². The van der Waals surface area contributed by atoms with Gasteiger partial charge in [-0.25, -0.2) is 9.97 Å². The molecule has 0 saturated carbocycles. The van der Waals surface area contributed by atoms with Crippen LogP contribution in [0, 0.1) is 11.3 Å². The van der Waals surface area contributed by atoms with E-state index in [0.717, 1.165) is 17.7 Å². The summed E-state index contributed by atoms with van der Waals surface area (Å²) in [6.07, 6.45) is 3.81. The molecule has 1 N–H and O–H groups in total. The van der Waals surface area contributed by atoms with Gasteiger partial charge >= 0.3 is 0 Å². The van der Waals surface area contributed by atoms with E-state index >= 15 is 0 Å². The first kappa shape index (κ1) is 13.0. The Morgan fingerprint density at radius 3 is 2.79 bits per heavy atom. The maximum atomic E-state index is 8.67. The van der Waals surface area contributed by atoms with Crippen molar-refractivity contribution in [3.8, 4) is 6.07 Å². The third-order valence-electron chi connectivity index (χ3n) is 2.62. The molecule has 0 atom stereocenters. The summed E-state index contributed by atoms with van der Waals surface area (Å²) in [5, 5.41) is 11.9. The number of para-hydroxylation sites is 1. The van der Waals surface area contributed by atoms with Crippen molar-refractivity contribution in [1.29, 1.82) is 5.26 Å². The van der Waals surface area contributed by atoms with Crippen molar-refractivity contribution >= 4 is 11.5 Å². The van der Waals surface area contributed by atoms with Crippen LogP contribution in [0.1, 0.15) is 11.3 Å². The normalized spacial score (nSPS) is 9.89. The number of nitriles is 1. The Bertz CT molecular complexity index is 575. The molecule has 1 heterocycles. The highest BCUT2D eigenvalue weighted by Gasteiger charge is 2.03. The molecule has 1 aromatic heterocycles. The molecule has 0 radical (unpaired) electrons. The summed E-state index contributed by atoms with van der Waals surface area (Å²) in [5.74, 6) is 0.615. The lowest BCUT2D eigenvalue weighted by atomic mass is 10.1. The molecule has 0 unspecified atom stereocenters. The van der Waals surface area contributed by atoms with Crippen LogP contribution in [0.3, 0.4) is 0 Å². The van der Waals surface area contributed by atoms with Crippen LogP contribution < -0.4 is 5.32 Å². The van der Waals surface area contributed by atoms with Crippen LogP contribution in [0.25, 0.3) is 0 Å². The van der Waals surface area contributed by atoms with Gasteiger partial charge in [0.1, 0.15) is 11.9 Å². The first-order valence-electron chi connectivity index (χ1n) is 5.89. The van der Waals surface area contributed by atoms with E-state index in [0.29, 0.717) is 18.1 Å². The molecule has 0 bridgehead atoms. The van der Waals surface area contributed by atoms with Gasteiger partial charge in [-0.3, -0.25) is 0 Å². The van der Waals surface area contributed by atoms with Crippen LogP contribution in [0.4, 0.5) is 11.5 Å². The van der Waals surface area contributed by atoms with Gasteiger partial charge in [-0.05, 0) is 18.1 Å². The minimum absolute atomic E-state index is 0.304. The summed E-state index contributed by atoms with van der Waals surface area (Å²) in [4.78, 5) is 8.11. The van der Waals surface area contributed by atoms with Crippen LogP contribution in [-0.2, 0) is 11.2 Å². The van der Waals surface area contributed by atoms with Crippen LogP contribution in [0.2, 0.25) is 0 Å². The van der Waals surface area contributed by atoms with Gasteiger partial charge in [0.15, 0.2) is 5.69 Å². The summed E-state index contributed by atoms with van der Waals surface area (Å²) >= 11 is 0. The number of rotatable bonds is 5. The third-order valence-corrected chi connectivity index (χ3v) is 2.62. The van der Waals surface area contributed by atoms with Crippen molar-refractivity contribution in [2.75, 3.05) is 19.0 Å². The van der Waals surface area contributed by atoms with Gasteiger partial charge in [0.25, 0.3) is 0 Å². The Balaban J connectivity index is 2.15. The molecular formula is C14H14N4O. The Morgan fingerprint density at radius 1 is 1.26 bits per heavy atom. The average molecular weight is 254 g/mol. The summed E-state index contributed by atoms with van der Waals surface area (Å²) in [6.45, 7) is 0.664. The zero-order valence-electron chi connectivity index (χ0n) is 10.6. The highest BCUT2D eigenvalue weighted by atomic mass is 16.5. The number of benzene rings is 1. The van der Waals surface area contributed by atoms with Crippen molar-refractivity contribution in [2.45, 2.75) is 6.42 Å². The summed E-state index contributed by atoms with van der Waals surface area (Å²) in [5.41, 5.74) is 2.42. The molecule has 0 fully saturated rings. The predicted octanol–water partition coefficient (Wildman–Crippen LogP) is 2.28. The number of hydrogen-bond donors (Lipinski definition) is 1. The van der Waals surface area contributed by atoms with E-state index < -0.39 is 0 Å². The topological polar surface area (TPSA) is 70.8 Å². The zero-order chi connectivity index (χ0) is 13.5. The second-order valence-corrected chi connectivity index (χ2v) is 3.92. The fraction of sp³-hybridized carbons (Fsp3) is 0.214. The molecule has 0 aliphatic heterocycles. The summed E-state index contributed by atoms with van der Waals surface area (Å²) in [7, 11) is 1.68. The van der Waals surface area contributed by atoms with Crippen molar-refractivity contribution in [2.24, 2.45) is 0 Å². The van der Waals surface area contributed by atoms with E-state index in [4.69, 9.17) is 10.00 Å². The largest absolute Gasteiger partial charge is 0.384 e. The Kier molecular flexibility index (Phi) is 4.43. The van der Waals surface area contributed by atoms with Crippen molar-refractivity contribution in [1.82, 2.24) is 9.97 Å². The quantitative estimate of drug-likeness (QED) is 0.886. The lowest BCUT2D eigenvalue weighted by molar-refractivity contribution is 0.202. The molecule has 96 valence electrons. The number of anilines is 2. The van der Waals surface area contributed by atoms with Gasteiger partial charge in [-0.15, -0.1) is 0 Å². The number of nitrogens with zero attached hydrogens (tertiary/aromatic N) is 3. The SMILES string of the molecule is COCCc1ccccc1Nc1cnc(C#N)cn1. The van der Waals surface area contributed by atoms with Gasteiger partial charge in [-0.2, -0.15) is 5.26 Å². The number of aromatic nitrogens is 2. The average Bonchev–Trinajstić information content (AvgIpc) is 2.47. The molecule has 0 aliphatic carbocycles. The highest BCUT2D eigenvalue weighted by molar-refractivity contribution is 5.60. The van der Waals surface area contributed by atoms with Crippen molar-refractivity contribution < 1.29 is 4.74 Å². The van der Waals surface area contributed by atoms with Gasteiger partial charge in [-0.1, -0.05) is 18.2 Å². The molecule has 0 spiro atoms. The predicted molar refractivity (Wildman–Crippen MR) is 72.1 cm³/mol. The lowest BCUT2D eigenvalue weighted by Gasteiger charge is -2.10. The van der Waals surface area contributed by atoms with Crippen LogP contribution in [0.5, 0.6) is 0 Å². The number of ether oxygens (including phenoxy) is 1. The van der Waals surface area contributed by atoms with Crippen LogP contribution in [0.15, 0.2) is 36.7 Å². The van der Waals surface area contributed by atoms with E-state index in [2.05, 4.69) is 15.3 Å². The minimum Gasteiger partial charge on any atom is -0.384 e. The van der Waals surface area contributed by atoms with E-state index in [9.17, 15) is 0 Å². The molecule has 2 aromatic rings. The minimum atomic E-state index is 0.304. The van der Waals surface area contributed by atoms with E-state index in [1.165, 1.54) is 6.20 Å². The third kappa shape index (κ3) is 3.50. The molecule has 0 aliphatic rings. The fourth-order valence-corrected chi connectivity index (χ4v) is 1.66. The maximum Gasteiger partial charge on any atom is 0.158 e. The Morgan fingerprint density at radius 2 is 2.11 bits per heavy atom. The van der Waals surface area contributed by atoms with Crippen LogP contribution in [-0.4, -0.2) is 23.7 Å². The van der Waals surface area contributed by atoms with E-state index in [-0.39, 0.29) is 0 Å². The van der Waals surface area contributed by atoms with Gasteiger partial charge < -0.3 is 10.1 Å². The smallest absolute Gasteiger partial charge is 0.158 e. The zero-order valence-corrected chi connectivity index (χ0v) is 10.6. The first-order valence-corrected chi connectivity index (χ1v) is 5.89. The van der Waals surface area contributed by atoms with Crippen molar-refractivity contribution in [3.63, 3.8) is 0 Å². The summed E-state index contributed by atoms with van der Waals surface area (Å²) in [6, 6.07) is 9.90. The number of hydrogen-bond acceptors (Lipinski definition) is 5. The van der Waals surface area contributed by atoms with Crippen LogP contribution >= 0.6 is 0 Å². The van der Waals surface area contributed by atoms with Gasteiger partial charge in [0.2, 0.25) is 0 Å². The highest BCUT2D eigenvalue weighted by Crippen LogP contribution is 2.19. The van der Waals surface area contributed by atoms with Gasteiger partial charge in [0.05, 0.1) is 19.0 Å². The number of nitrogens with one attached hydrogen (secondary N) is 1. The molecule has 0 saturated heterocycles. The molecule has 5 heteroatoms. The number of methoxy groups -OCH3 is 1. The fourth-order valence-electron chi connectivity index (χ4n) is 1.66. The molecule has 0 amide bonds. The standard InChI is InChI=1S/C14H14N4O/c1-19-7-6-11-4-2-3-5-13(11)18-14-10-16-12(8-15)9-17-14/h2-5,9-10H,6-7H2,1H3,(H,17,18). The Labute approximate surface area is 111 Å². The lowest BCUT2D eigenvalue weighted by Crippen LogP contribution is -2.01. The molecule has 2 rings (SSSR count). The summed E-state index contributed by atoms with van der Waals surface area (Å²) < 4.78 is 5.09. The first-order chi connectivity index (χ1) is 9.33. The van der Waals surface area contributed by atoms with E-state index in [1.807, 2.05) is 30.3 Å². The second kappa shape index (κ2) is 6.47. The van der Waals surface area contributed by atoms with Crippen molar-refractivity contribution in [3.05, 3.63) is 47.9 Å². The second-order valence-electron chi connectivity index (χ2n) is 3.92.